The first kappa shape index (κ1) is 16.8. The highest BCUT2D eigenvalue weighted by atomic mass is 32.2. The molecule has 0 amide bonds. The Balaban J connectivity index is 2.54. The summed E-state index contributed by atoms with van der Waals surface area (Å²) >= 11 is 1.83. The van der Waals surface area contributed by atoms with Gasteiger partial charge in [-0.05, 0) is 49.5 Å². The van der Waals surface area contributed by atoms with Gasteiger partial charge in [-0.3, -0.25) is 4.99 Å². The predicted octanol–water partition coefficient (Wildman–Crippen LogP) is 3.11. The Kier molecular flexibility index (Phi) is 7.44. The SMILES string of the molecule is CN=C(NCCCSC)NC(C)c1ccc(C)c(F)c1. The number of halogens is 1. The molecular weight excluding hydrogens is 273 g/mol. The number of aryl methyl sites for hydroxylation is 1. The standard InChI is InChI=1S/C15H24FN3S/c1-11-6-7-13(10-14(11)16)12(2)19-15(17-3)18-8-5-9-20-4/h6-7,10,12H,5,8-9H2,1-4H3,(H2,17,18,19). The van der Waals surface area contributed by atoms with Crippen molar-refractivity contribution in [1.82, 2.24) is 10.6 Å². The Morgan fingerprint density at radius 3 is 2.80 bits per heavy atom. The number of nitrogens with zero attached hydrogens (tertiary/aromatic N) is 1. The maximum Gasteiger partial charge on any atom is 0.191 e. The van der Waals surface area contributed by atoms with Gasteiger partial charge in [0.1, 0.15) is 5.82 Å². The second-order valence-corrected chi connectivity index (χ2v) is 5.71. The van der Waals surface area contributed by atoms with Gasteiger partial charge in [-0.25, -0.2) is 4.39 Å². The van der Waals surface area contributed by atoms with E-state index in [1.165, 1.54) is 0 Å². The van der Waals surface area contributed by atoms with Gasteiger partial charge in [0.25, 0.3) is 0 Å². The van der Waals surface area contributed by atoms with Crippen molar-refractivity contribution in [2.45, 2.75) is 26.3 Å². The molecule has 0 aliphatic heterocycles. The van der Waals surface area contributed by atoms with E-state index in [2.05, 4.69) is 21.9 Å². The first-order valence-corrected chi connectivity index (χ1v) is 8.20. The van der Waals surface area contributed by atoms with Crippen molar-refractivity contribution in [2.75, 3.05) is 25.6 Å². The third-order valence-electron chi connectivity index (χ3n) is 3.09. The maximum atomic E-state index is 13.6. The van der Waals surface area contributed by atoms with Crippen LogP contribution in [-0.4, -0.2) is 31.6 Å². The number of rotatable bonds is 6. The molecule has 0 aliphatic rings. The van der Waals surface area contributed by atoms with Crippen LogP contribution in [0.15, 0.2) is 23.2 Å². The smallest absolute Gasteiger partial charge is 0.191 e. The Hall–Kier alpha value is -1.23. The van der Waals surface area contributed by atoms with Gasteiger partial charge >= 0.3 is 0 Å². The highest BCUT2D eigenvalue weighted by Gasteiger charge is 2.09. The van der Waals surface area contributed by atoms with Gasteiger partial charge in [-0.2, -0.15) is 11.8 Å². The van der Waals surface area contributed by atoms with Crippen molar-refractivity contribution < 1.29 is 4.39 Å². The molecule has 0 bridgehead atoms. The molecule has 1 unspecified atom stereocenters. The number of hydrogen-bond acceptors (Lipinski definition) is 2. The monoisotopic (exact) mass is 297 g/mol. The van der Waals surface area contributed by atoms with Crippen LogP contribution in [0.5, 0.6) is 0 Å². The zero-order valence-corrected chi connectivity index (χ0v) is 13.5. The summed E-state index contributed by atoms with van der Waals surface area (Å²) in [6.07, 6.45) is 3.19. The summed E-state index contributed by atoms with van der Waals surface area (Å²) in [5.74, 6) is 1.71. The molecule has 0 fully saturated rings. The number of guanidine groups is 1. The minimum atomic E-state index is -0.168. The Bertz CT molecular complexity index is 449. The van der Waals surface area contributed by atoms with E-state index in [0.29, 0.717) is 5.56 Å². The van der Waals surface area contributed by atoms with Crippen LogP contribution >= 0.6 is 11.8 Å². The molecule has 20 heavy (non-hydrogen) atoms. The normalized spacial score (nSPS) is 13.2. The first-order chi connectivity index (χ1) is 9.58. The highest BCUT2D eigenvalue weighted by Crippen LogP contribution is 2.16. The van der Waals surface area contributed by atoms with Gasteiger partial charge in [0.15, 0.2) is 5.96 Å². The first-order valence-electron chi connectivity index (χ1n) is 6.80. The Morgan fingerprint density at radius 1 is 1.45 bits per heavy atom. The van der Waals surface area contributed by atoms with Gasteiger partial charge < -0.3 is 10.6 Å². The molecule has 0 aromatic heterocycles. The van der Waals surface area contributed by atoms with E-state index < -0.39 is 0 Å². The Morgan fingerprint density at radius 2 is 2.20 bits per heavy atom. The second kappa shape index (κ2) is 8.84. The lowest BCUT2D eigenvalue weighted by Gasteiger charge is -2.18. The van der Waals surface area contributed by atoms with Crippen molar-refractivity contribution in [3.63, 3.8) is 0 Å². The number of nitrogens with one attached hydrogen (secondary N) is 2. The van der Waals surface area contributed by atoms with Crippen molar-refractivity contribution in [3.8, 4) is 0 Å². The zero-order valence-electron chi connectivity index (χ0n) is 12.7. The molecule has 1 aromatic carbocycles. The molecule has 1 rings (SSSR count). The predicted molar refractivity (Wildman–Crippen MR) is 87.0 cm³/mol. The summed E-state index contributed by atoms with van der Waals surface area (Å²) < 4.78 is 13.6. The highest BCUT2D eigenvalue weighted by molar-refractivity contribution is 7.98. The van der Waals surface area contributed by atoms with Gasteiger partial charge in [-0.1, -0.05) is 12.1 Å². The Labute approximate surface area is 125 Å². The molecule has 2 N–H and O–H groups in total. The van der Waals surface area contributed by atoms with Crippen molar-refractivity contribution in [1.29, 1.82) is 0 Å². The van der Waals surface area contributed by atoms with E-state index in [0.717, 1.165) is 30.2 Å². The van der Waals surface area contributed by atoms with Gasteiger partial charge in [-0.15, -0.1) is 0 Å². The van der Waals surface area contributed by atoms with E-state index in [9.17, 15) is 4.39 Å². The number of aliphatic imine (C=N–C) groups is 1. The minimum Gasteiger partial charge on any atom is -0.356 e. The van der Waals surface area contributed by atoms with E-state index >= 15 is 0 Å². The minimum absolute atomic E-state index is 0.0110. The molecule has 112 valence electrons. The van der Waals surface area contributed by atoms with Crippen LogP contribution in [0.1, 0.15) is 30.5 Å². The molecule has 1 aromatic rings. The molecule has 0 spiro atoms. The number of benzene rings is 1. The average molecular weight is 297 g/mol. The van der Waals surface area contributed by atoms with E-state index in [1.54, 1.807) is 26.1 Å². The fraction of sp³-hybridized carbons (Fsp3) is 0.533. The van der Waals surface area contributed by atoms with Gasteiger partial charge in [0, 0.05) is 13.6 Å². The summed E-state index contributed by atoms with van der Waals surface area (Å²) in [5, 5.41) is 6.53. The van der Waals surface area contributed by atoms with Gasteiger partial charge in [0.2, 0.25) is 0 Å². The zero-order chi connectivity index (χ0) is 15.0. The lowest BCUT2D eigenvalue weighted by molar-refractivity contribution is 0.607. The van der Waals surface area contributed by atoms with Crippen molar-refractivity contribution in [3.05, 3.63) is 35.1 Å². The van der Waals surface area contributed by atoms with Crippen molar-refractivity contribution >= 4 is 17.7 Å². The fourth-order valence-corrected chi connectivity index (χ4v) is 2.22. The summed E-state index contributed by atoms with van der Waals surface area (Å²) in [6, 6.07) is 5.33. The third-order valence-corrected chi connectivity index (χ3v) is 3.79. The van der Waals surface area contributed by atoms with E-state index in [4.69, 9.17) is 0 Å². The lowest BCUT2D eigenvalue weighted by Crippen LogP contribution is -2.39. The van der Waals surface area contributed by atoms with E-state index in [-0.39, 0.29) is 11.9 Å². The van der Waals surface area contributed by atoms with E-state index in [1.807, 2.05) is 24.8 Å². The summed E-state index contributed by atoms with van der Waals surface area (Å²) in [6.45, 7) is 4.65. The number of thioether (sulfide) groups is 1. The largest absolute Gasteiger partial charge is 0.356 e. The summed E-state index contributed by atoms with van der Waals surface area (Å²) in [5.41, 5.74) is 1.58. The molecule has 3 nitrogen and oxygen atoms in total. The fourth-order valence-electron chi connectivity index (χ4n) is 1.78. The topological polar surface area (TPSA) is 36.4 Å². The molecule has 1 atom stereocenters. The summed E-state index contributed by atoms with van der Waals surface area (Å²) in [7, 11) is 1.74. The lowest BCUT2D eigenvalue weighted by atomic mass is 10.1. The average Bonchev–Trinajstić information content (AvgIpc) is 2.44. The molecule has 0 radical (unpaired) electrons. The third kappa shape index (κ3) is 5.41. The van der Waals surface area contributed by atoms with Crippen LogP contribution in [0.4, 0.5) is 4.39 Å². The number of hydrogen-bond donors (Lipinski definition) is 2. The second-order valence-electron chi connectivity index (χ2n) is 4.72. The van der Waals surface area contributed by atoms with Crippen LogP contribution in [0.2, 0.25) is 0 Å². The van der Waals surface area contributed by atoms with Crippen LogP contribution in [0, 0.1) is 12.7 Å². The van der Waals surface area contributed by atoms with Crippen molar-refractivity contribution in [2.24, 2.45) is 4.99 Å². The van der Waals surface area contributed by atoms with Crippen LogP contribution < -0.4 is 10.6 Å². The maximum absolute atomic E-state index is 13.6. The molecule has 5 heteroatoms. The van der Waals surface area contributed by atoms with Crippen LogP contribution in [0.3, 0.4) is 0 Å². The van der Waals surface area contributed by atoms with Gasteiger partial charge in [0.05, 0.1) is 6.04 Å². The molecule has 0 saturated carbocycles. The molecule has 0 aliphatic carbocycles. The van der Waals surface area contributed by atoms with Crippen LogP contribution in [-0.2, 0) is 0 Å². The molecule has 0 heterocycles. The quantitative estimate of drug-likeness (QED) is 0.481. The molecular formula is C15H24FN3S. The van der Waals surface area contributed by atoms with Crippen LogP contribution in [0.25, 0.3) is 0 Å². The summed E-state index contributed by atoms with van der Waals surface area (Å²) in [4.78, 5) is 4.19. The molecule has 0 saturated heterocycles.